The van der Waals surface area contributed by atoms with Gasteiger partial charge in [0.15, 0.2) is 0 Å². The van der Waals surface area contributed by atoms with Crippen molar-refractivity contribution in [2.24, 2.45) is 5.73 Å². The van der Waals surface area contributed by atoms with E-state index in [-0.39, 0.29) is 11.9 Å². The number of nitrogens with one attached hydrogen (secondary N) is 2. The Bertz CT molecular complexity index is 410. The zero-order chi connectivity index (χ0) is 14.2. The summed E-state index contributed by atoms with van der Waals surface area (Å²) in [5.41, 5.74) is 6.47. The Morgan fingerprint density at radius 1 is 1.30 bits per heavy atom. The van der Waals surface area contributed by atoms with Gasteiger partial charge in [0, 0.05) is 32.7 Å². The highest BCUT2D eigenvalue weighted by atomic mass is 16.2. The number of piperazine rings is 1. The molecule has 1 saturated heterocycles. The Balaban J connectivity index is 1.84. The minimum absolute atomic E-state index is 0.182. The van der Waals surface area contributed by atoms with Crippen LogP contribution in [0.1, 0.15) is 18.0 Å². The number of hydrogen-bond acceptors (Lipinski definition) is 4. The molecule has 110 valence electrons. The van der Waals surface area contributed by atoms with Gasteiger partial charge in [-0.3, -0.25) is 4.79 Å². The third-order valence-electron chi connectivity index (χ3n) is 3.52. The van der Waals surface area contributed by atoms with Crippen LogP contribution >= 0.6 is 0 Å². The van der Waals surface area contributed by atoms with E-state index in [1.54, 1.807) is 0 Å². The van der Waals surface area contributed by atoms with Crippen molar-refractivity contribution in [2.75, 3.05) is 39.3 Å². The summed E-state index contributed by atoms with van der Waals surface area (Å²) >= 11 is 0. The fraction of sp³-hybridized carbons (Fsp3) is 0.533. The van der Waals surface area contributed by atoms with Crippen LogP contribution in [0.2, 0.25) is 0 Å². The largest absolute Gasteiger partial charge is 0.340 e. The third kappa shape index (κ3) is 4.03. The third-order valence-corrected chi connectivity index (χ3v) is 3.52. The van der Waals surface area contributed by atoms with Gasteiger partial charge in [0.05, 0.1) is 0 Å². The van der Waals surface area contributed by atoms with Crippen LogP contribution in [0, 0.1) is 0 Å². The Kier molecular flexibility index (Phi) is 5.98. The highest BCUT2D eigenvalue weighted by molar-refractivity contribution is 5.84. The number of nitrogens with zero attached hydrogens (tertiary/aromatic N) is 1. The van der Waals surface area contributed by atoms with Crippen molar-refractivity contribution >= 4 is 5.91 Å². The normalized spacial score (nSPS) is 19.4. The molecule has 1 aromatic rings. The van der Waals surface area contributed by atoms with E-state index in [9.17, 15) is 4.79 Å². The van der Waals surface area contributed by atoms with E-state index >= 15 is 0 Å². The Labute approximate surface area is 120 Å². The predicted octanol–water partition coefficient (Wildman–Crippen LogP) is 0.0979. The molecule has 1 fully saturated rings. The van der Waals surface area contributed by atoms with Crippen molar-refractivity contribution < 1.29 is 4.79 Å². The lowest BCUT2D eigenvalue weighted by Gasteiger charge is -2.33. The molecule has 1 amide bonds. The zero-order valence-corrected chi connectivity index (χ0v) is 11.8. The summed E-state index contributed by atoms with van der Waals surface area (Å²) in [5, 5.41) is 6.56. The molecule has 20 heavy (non-hydrogen) atoms. The van der Waals surface area contributed by atoms with Crippen LogP contribution in [0.25, 0.3) is 0 Å². The first-order valence-corrected chi connectivity index (χ1v) is 7.31. The van der Waals surface area contributed by atoms with Gasteiger partial charge in [-0.05, 0) is 18.5 Å². The second-order valence-electron chi connectivity index (χ2n) is 5.02. The maximum Gasteiger partial charge on any atom is 0.244 e. The van der Waals surface area contributed by atoms with Crippen molar-refractivity contribution in [3.63, 3.8) is 0 Å². The molecule has 0 bridgehead atoms. The van der Waals surface area contributed by atoms with Crippen LogP contribution < -0.4 is 16.4 Å². The molecular formula is C15H24N4O. The number of hydrogen-bond donors (Lipinski definition) is 3. The maximum atomic E-state index is 12.5. The van der Waals surface area contributed by atoms with Gasteiger partial charge < -0.3 is 21.3 Å². The first-order chi connectivity index (χ1) is 9.83. The zero-order valence-electron chi connectivity index (χ0n) is 11.8. The summed E-state index contributed by atoms with van der Waals surface area (Å²) in [6, 6.07) is 9.73. The van der Waals surface area contributed by atoms with E-state index in [0.29, 0.717) is 6.54 Å². The van der Waals surface area contributed by atoms with Gasteiger partial charge in [0.1, 0.15) is 6.04 Å². The van der Waals surface area contributed by atoms with Gasteiger partial charge in [-0.1, -0.05) is 30.3 Å². The summed E-state index contributed by atoms with van der Waals surface area (Å²) in [6.45, 7) is 4.84. The smallest absolute Gasteiger partial charge is 0.244 e. The standard InChI is InChI=1S/C15H24N4O/c16-7-9-17-8-4-11-19-12-10-18-14(15(19)20)13-5-2-1-3-6-13/h1-3,5-6,14,17-18H,4,7-12,16H2. The molecule has 1 unspecified atom stereocenters. The highest BCUT2D eigenvalue weighted by Gasteiger charge is 2.28. The van der Waals surface area contributed by atoms with Crippen molar-refractivity contribution in [3.05, 3.63) is 35.9 Å². The van der Waals surface area contributed by atoms with Gasteiger partial charge in [-0.25, -0.2) is 0 Å². The van der Waals surface area contributed by atoms with Gasteiger partial charge in [0.25, 0.3) is 0 Å². The van der Waals surface area contributed by atoms with Crippen molar-refractivity contribution in [2.45, 2.75) is 12.5 Å². The van der Waals surface area contributed by atoms with E-state index in [4.69, 9.17) is 5.73 Å². The molecule has 0 radical (unpaired) electrons. The minimum Gasteiger partial charge on any atom is -0.340 e. The summed E-state index contributed by atoms with van der Waals surface area (Å²) in [4.78, 5) is 14.4. The van der Waals surface area contributed by atoms with E-state index in [1.807, 2.05) is 35.2 Å². The van der Waals surface area contributed by atoms with Crippen LogP contribution in [0.5, 0.6) is 0 Å². The number of rotatable bonds is 7. The Hall–Kier alpha value is -1.43. The summed E-state index contributed by atoms with van der Waals surface area (Å²) in [5.74, 6) is 0.182. The number of benzene rings is 1. The Morgan fingerprint density at radius 2 is 2.10 bits per heavy atom. The summed E-state index contributed by atoms with van der Waals surface area (Å²) in [7, 11) is 0. The summed E-state index contributed by atoms with van der Waals surface area (Å²) < 4.78 is 0. The lowest BCUT2D eigenvalue weighted by atomic mass is 10.0. The van der Waals surface area contributed by atoms with Crippen LogP contribution in [0.15, 0.2) is 30.3 Å². The van der Waals surface area contributed by atoms with Gasteiger partial charge >= 0.3 is 0 Å². The van der Waals surface area contributed by atoms with Crippen molar-refractivity contribution in [1.82, 2.24) is 15.5 Å². The van der Waals surface area contributed by atoms with Crippen LogP contribution in [0.4, 0.5) is 0 Å². The number of nitrogens with two attached hydrogens (primary N) is 1. The molecule has 5 nitrogen and oxygen atoms in total. The lowest BCUT2D eigenvalue weighted by Crippen LogP contribution is -2.50. The molecular weight excluding hydrogens is 252 g/mol. The summed E-state index contributed by atoms with van der Waals surface area (Å²) in [6.07, 6.45) is 0.966. The molecule has 1 aromatic carbocycles. The fourth-order valence-corrected chi connectivity index (χ4v) is 2.47. The molecule has 0 spiro atoms. The first kappa shape index (κ1) is 15.0. The highest BCUT2D eigenvalue weighted by Crippen LogP contribution is 2.18. The van der Waals surface area contributed by atoms with E-state index in [0.717, 1.165) is 44.7 Å². The SMILES string of the molecule is NCCNCCCN1CCNC(c2ccccc2)C1=O. The van der Waals surface area contributed by atoms with Crippen LogP contribution in [-0.2, 0) is 4.79 Å². The molecule has 0 saturated carbocycles. The number of carbonyl (C=O) groups excluding carboxylic acids is 1. The van der Waals surface area contributed by atoms with Crippen LogP contribution in [-0.4, -0.2) is 50.1 Å². The minimum atomic E-state index is -0.193. The van der Waals surface area contributed by atoms with Gasteiger partial charge in [0.2, 0.25) is 5.91 Å². The number of carbonyl (C=O) groups is 1. The van der Waals surface area contributed by atoms with Crippen LogP contribution in [0.3, 0.4) is 0 Å². The molecule has 2 rings (SSSR count). The van der Waals surface area contributed by atoms with E-state index in [2.05, 4.69) is 10.6 Å². The molecule has 4 N–H and O–H groups in total. The lowest BCUT2D eigenvalue weighted by molar-refractivity contribution is -0.135. The molecule has 1 atom stereocenters. The molecule has 1 heterocycles. The average molecular weight is 276 g/mol. The second kappa shape index (κ2) is 7.99. The molecule has 1 aliphatic rings. The van der Waals surface area contributed by atoms with Crippen molar-refractivity contribution in [1.29, 1.82) is 0 Å². The van der Waals surface area contributed by atoms with Crippen molar-refractivity contribution in [3.8, 4) is 0 Å². The maximum absolute atomic E-state index is 12.5. The molecule has 5 heteroatoms. The quantitative estimate of drug-likeness (QED) is 0.618. The monoisotopic (exact) mass is 276 g/mol. The fourth-order valence-electron chi connectivity index (χ4n) is 2.47. The molecule has 1 aliphatic heterocycles. The Morgan fingerprint density at radius 3 is 2.85 bits per heavy atom. The molecule has 0 aromatic heterocycles. The number of amides is 1. The van der Waals surface area contributed by atoms with Gasteiger partial charge in [-0.2, -0.15) is 0 Å². The van der Waals surface area contributed by atoms with E-state index in [1.165, 1.54) is 0 Å². The van der Waals surface area contributed by atoms with E-state index < -0.39 is 0 Å². The molecule has 0 aliphatic carbocycles. The van der Waals surface area contributed by atoms with Gasteiger partial charge in [-0.15, -0.1) is 0 Å². The predicted molar refractivity (Wildman–Crippen MR) is 80.3 cm³/mol. The topological polar surface area (TPSA) is 70.4 Å². The average Bonchev–Trinajstić information content (AvgIpc) is 2.49. The first-order valence-electron chi connectivity index (χ1n) is 7.31. The second-order valence-corrected chi connectivity index (χ2v) is 5.02.